The summed E-state index contributed by atoms with van der Waals surface area (Å²) >= 11 is 0. The monoisotopic (exact) mass is 512 g/mol. The molecule has 0 aliphatic carbocycles. The first-order chi connectivity index (χ1) is 18.3. The molecule has 0 aliphatic heterocycles. The predicted molar refractivity (Wildman–Crippen MR) is 141 cm³/mol. The number of hydrogen-bond donors (Lipinski definition) is 5. The van der Waals surface area contributed by atoms with Gasteiger partial charge in [0.1, 0.15) is 17.8 Å². The minimum atomic E-state index is -1.36. The number of fused-ring (bicyclic) bond motifs is 2. The van der Waals surface area contributed by atoms with Crippen LogP contribution in [0, 0.1) is 0 Å². The number of H-pyrrole nitrogens is 2. The highest BCUT2D eigenvalue weighted by molar-refractivity contribution is 5.89. The van der Waals surface area contributed by atoms with Crippen molar-refractivity contribution in [3.63, 3.8) is 0 Å². The molecule has 0 fully saturated rings. The summed E-state index contributed by atoms with van der Waals surface area (Å²) in [6.45, 7) is 0. The van der Waals surface area contributed by atoms with Gasteiger partial charge in [0.15, 0.2) is 0 Å². The van der Waals surface area contributed by atoms with Crippen molar-refractivity contribution >= 4 is 33.7 Å². The molecule has 0 bridgehead atoms. The van der Waals surface area contributed by atoms with Gasteiger partial charge >= 0.3 is 11.7 Å². The number of aromatic amines is 2. The van der Waals surface area contributed by atoms with E-state index in [1.165, 1.54) is 12.1 Å². The Morgan fingerprint density at radius 2 is 1.63 bits per heavy atom. The molecule has 3 aromatic carbocycles. The van der Waals surface area contributed by atoms with E-state index in [0.717, 1.165) is 4.57 Å². The Morgan fingerprint density at radius 3 is 2.39 bits per heavy atom. The number of nitrogens with zero attached hydrogens (tertiary/aromatic N) is 1. The van der Waals surface area contributed by atoms with E-state index in [-0.39, 0.29) is 24.0 Å². The third-order valence-corrected chi connectivity index (χ3v) is 6.51. The maximum absolute atomic E-state index is 13.6. The molecule has 0 radical (unpaired) electrons. The first kappa shape index (κ1) is 24.6. The van der Waals surface area contributed by atoms with Crippen molar-refractivity contribution in [2.75, 3.05) is 0 Å². The summed E-state index contributed by atoms with van der Waals surface area (Å²) in [5, 5.41) is 23.2. The van der Waals surface area contributed by atoms with Crippen molar-refractivity contribution in [2.24, 2.45) is 0 Å². The summed E-state index contributed by atoms with van der Waals surface area (Å²) in [6, 6.07) is 17.3. The summed E-state index contributed by atoms with van der Waals surface area (Å²) in [4.78, 5) is 57.8. The Kier molecular flexibility index (Phi) is 6.53. The van der Waals surface area contributed by atoms with Crippen LogP contribution >= 0.6 is 0 Å². The van der Waals surface area contributed by atoms with E-state index in [0.29, 0.717) is 27.5 Å². The highest BCUT2D eigenvalue weighted by Crippen LogP contribution is 2.24. The van der Waals surface area contributed by atoms with Crippen LogP contribution in [0.4, 0.5) is 0 Å². The molecule has 0 aliphatic rings. The van der Waals surface area contributed by atoms with Gasteiger partial charge in [-0.2, -0.15) is 0 Å². The van der Waals surface area contributed by atoms with E-state index in [9.17, 15) is 29.4 Å². The summed E-state index contributed by atoms with van der Waals surface area (Å²) < 4.78 is 0.841. The number of phenols is 1. The fourth-order valence-corrected chi connectivity index (χ4v) is 4.62. The van der Waals surface area contributed by atoms with E-state index in [1.807, 2.05) is 0 Å². The molecule has 0 spiro atoms. The molecule has 2 heterocycles. The van der Waals surface area contributed by atoms with Crippen LogP contribution < -0.4 is 16.6 Å². The lowest BCUT2D eigenvalue weighted by Crippen LogP contribution is -2.50. The Bertz CT molecular complexity index is 1770. The Morgan fingerprint density at radius 1 is 0.895 bits per heavy atom. The number of carbonyl (C=O) groups is 2. The lowest BCUT2D eigenvalue weighted by molar-refractivity contribution is -0.142. The molecule has 38 heavy (non-hydrogen) atoms. The number of aliphatic carboxylic acids is 1. The summed E-state index contributed by atoms with van der Waals surface area (Å²) in [5.41, 5.74) is 0.867. The van der Waals surface area contributed by atoms with E-state index in [1.54, 1.807) is 66.9 Å². The van der Waals surface area contributed by atoms with Crippen molar-refractivity contribution in [3.05, 3.63) is 111 Å². The quantitative estimate of drug-likeness (QED) is 0.215. The van der Waals surface area contributed by atoms with Crippen molar-refractivity contribution in [1.29, 1.82) is 0 Å². The van der Waals surface area contributed by atoms with Gasteiger partial charge in [0.25, 0.3) is 5.56 Å². The van der Waals surface area contributed by atoms with Gasteiger partial charge in [-0.25, -0.2) is 14.2 Å². The van der Waals surface area contributed by atoms with Crippen molar-refractivity contribution in [3.8, 4) is 5.75 Å². The molecule has 1 amide bonds. The van der Waals surface area contributed by atoms with Crippen LogP contribution in [0.1, 0.15) is 17.2 Å². The predicted octanol–water partition coefficient (Wildman–Crippen LogP) is 2.47. The Balaban J connectivity index is 1.52. The zero-order valence-corrected chi connectivity index (χ0v) is 20.0. The molecule has 5 N–H and O–H groups in total. The van der Waals surface area contributed by atoms with Crippen LogP contribution in [0.5, 0.6) is 5.75 Å². The number of aromatic hydroxyl groups is 1. The lowest BCUT2D eigenvalue weighted by atomic mass is 10.0. The number of carbonyl (C=O) groups excluding carboxylic acids is 1. The molecular weight excluding hydrogens is 488 g/mol. The third kappa shape index (κ3) is 4.79. The van der Waals surface area contributed by atoms with Crippen LogP contribution in [0.15, 0.2) is 88.6 Å². The number of hydrogen-bond acceptors (Lipinski definition) is 5. The maximum Gasteiger partial charge on any atom is 0.329 e. The SMILES string of the molecule is O=C(O)C(Cc1c[nH]c2ccc(O)cc12)NC(=O)C(Cc1ccccc1)n1c(=O)[nH]c2ccccc2c1=O. The van der Waals surface area contributed by atoms with Crippen LogP contribution in [0.2, 0.25) is 0 Å². The third-order valence-electron chi connectivity index (χ3n) is 6.51. The number of carboxylic acids is 1. The molecule has 2 unspecified atom stereocenters. The highest BCUT2D eigenvalue weighted by Gasteiger charge is 2.30. The zero-order chi connectivity index (χ0) is 26.8. The van der Waals surface area contributed by atoms with Gasteiger partial charge in [-0.05, 0) is 41.5 Å². The van der Waals surface area contributed by atoms with E-state index in [4.69, 9.17) is 0 Å². The number of carboxylic acid groups (broad SMARTS) is 1. The summed E-state index contributed by atoms with van der Waals surface area (Å²) in [7, 11) is 0. The normalized spacial score (nSPS) is 12.8. The van der Waals surface area contributed by atoms with Crippen LogP contribution in [-0.2, 0) is 22.4 Å². The van der Waals surface area contributed by atoms with E-state index < -0.39 is 35.2 Å². The number of benzene rings is 3. The second-order valence-corrected chi connectivity index (χ2v) is 9.00. The number of para-hydroxylation sites is 1. The molecule has 192 valence electrons. The molecule has 2 aromatic heterocycles. The molecule has 10 nitrogen and oxygen atoms in total. The Hall–Kier alpha value is -5.12. The smallest absolute Gasteiger partial charge is 0.329 e. The fourth-order valence-electron chi connectivity index (χ4n) is 4.62. The average molecular weight is 513 g/mol. The molecular formula is C28H24N4O6. The lowest BCUT2D eigenvalue weighted by Gasteiger charge is -2.22. The summed E-state index contributed by atoms with van der Waals surface area (Å²) in [5.74, 6) is -2.05. The first-order valence-corrected chi connectivity index (χ1v) is 11.9. The average Bonchev–Trinajstić information content (AvgIpc) is 3.29. The van der Waals surface area contributed by atoms with Gasteiger partial charge in [0.05, 0.1) is 10.9 Å². The second-order valence-electron chi connectivity index (χ2n) is 9.00. The molecule has 0 saturated heterocycles. The maximum atomic E-state index is 13.6. The summed E-state index contributed by atoms with van der Waals surface area (Å²) in [6.07, 6.45) is 1.51. The number of aromatic nitrogens is 3. The van der Waals surface area contributed by atoms with Crippen LogP contribution in [0.25, 0.3) is 21.8 Å². The van der Waals surface area contributed by atoms with E-state index >= 15 is 0 Å². The highest BCUT2D eigenvalue weighted by atomic mass is 16.4. The van der Waals surface area contributed by atoms with Gasteiger partial charge in [0, 0.05) is 29.9 Å². The van der Waals surface area contributed by atoms with Gasteiger partial charge in [0.2, 0.25) is 5.91 Å². The Labute approximate surface area is 215 Å². The van der Waals surface area contributed by atoms with Gasteiger partial charge in [-0.15, -0.1) is 0 Å². The van der Waals surface area contributed by atoms with Crippen molar-refractivity contribution < 1.29 is 19.8 Å². The topological polar surface area (TPSA) is 157 Å². The molecule has 5 rings (SSSR count). The first-order valence-electron chi connectivity index (χ1n) is 11.9. The number of amides is 1. The fraction of sp³-hybridized carbons (Fsp3) is 0.143. The van der Waals surface area contributed by atoms with Crippen molar-refractivity contribution in [2.45, 2.75) is 24.9 Å². The van der Waals surface area contributed by atoms with E-state index in [2.05, 4.69) is 15.3 Å². The zero-order valence-electron chi connectivity index (χ0n) is 20.0. The number of nitrogens with one attached hydrogen (secondary N) is 3. The number of phenolic OH excluding ortho intramolecular Hbond substituents is 1. The minimum Gasteiger partial charge on any atom is -0.508 e. The van der Waals surface area contributed by atoms with Gasteiger partial charge in [-0.3, -0.25) is 9.59 Å². The number of rotatable bonds is 8. The molecule has 0 saturated carbocycles. The van der Waals surface area contributed by atoms with Crippen LogP contribution in [0.3, 0.4) is 0 Å². The molecule has 5 aromatic rings. The second kappa shape index (κ2) is 10.1. The van der Waals surface area contributed by atoms with Gasteiger partial charge < -0.3 is 25.5 Å². The standard InChI is InChI=1S/C28H24N4O6/c33-18-10-11-21-20(14-18)17(15-29-21)13-23(27(36)37)30-25(34)24(12-16-6-2-1-3-7-16)32-26(35)19-8-4-5-9-22(19)31-28(32)38/h1-11,14-15,23-24,29,33H,12-13H2,(H,30,34)(H,31,38)(H,36,37). The van der Waals surface area contributed by atoms with Crippen LogP contribution in [-0.4, -0.2) is 42.7 Å². The molecule has 2 atom stereocenters. The van der Waals surface area contributed by atoms with Gasteiger partial charge in [-0.1, -0.05) is 42.5 Å². The largest absolute Gasteiger partial charge is 0.508 e. The molecule has 10 heteroatoms. The van der Waals surface area contributed by atoms with Crippen molar-refractivity contribution in [1.82, 2.24) is 19.9 Å². The minimum absolute atomic E-state index is 0.0126.